The molecule has 0 saturated heterocycles. The molecule has 0 N–H and O–H groups in total. The molecule has 0 atom stereocenters. The zero-order chi connectivity index (χ0) is 37.0. The van der Waals surface area contributed by atoms with E-state index in [0.717, 1.165) is 91.3 Å². The number of rotatable bonds is 6. The minimum atomic E-state index is 0.377. The molecular formula is C53H49N3. The van der Waals surface area contributed by atoms with Crippen LogP contribution >= 0.6 is 0 Å². The lowest BCUT2D eigenvalue weighted by Gasteiger charge is -2.57. The summed E-state index contributed by atoms with van der Waals surface area (Å²) in [4.78, 5) is 10.6. The third-order valence-electron chi connectivity index (χ3n) is 15.9. The van der Waals surface area contributed by atoms with E-state index in [1.54, 1.807) is 11.1 Å². The molecule has 3 nitrogen and oxygen atoms in total. The first-order valence-corrected chi connectivity index (χ1v) is 21.6. The van der Waals surface area contributed by atoms with Crippen LogP contribution < -0.4 is 0 Å². The molecule has 6 aromatic rings. The van der Waals surface area contributed by atoms with Gasteiger partial charge in [0.15, 0.2) is 5.82 Å². The Kier molecular flexibility index (Phi) is 7.37. The number of fused-ring (bicyclic) bond motifs is 1. The quantitative estimate of drug-likeness (QED) is 0.172. The summed E-state index contributed by atoms with van der Waals surface area (Å²) in [5.41, 5.74) is 12.1. The zero-order valence-electron chi connectivity index (χ0n) is 32.3. The largest absolute Gasteiger partial charge is 0.228 e. The molecule has 8 aliphatic rings. The normalized spacial score (nSPS) is 30.8. The smallest absolute Gasteiger partial charge is 0.160 e. The third kappa shape index (κ3) is 5.35. The van der Waals surface area contributed by atoms with Gasteiger partial charge in [0.1, 0.15) is 0 Å². The predicted molar refractivity (Wildman–Crippen MR) is 226 cm³/mol. The van der Waals surface area contributed by atoms with Gasteiger partial charge in [-0.15, -0.1) is 0 Å². The average Bonchev–Trinajstić information content (AvgIpc) is 3.22. The van der Waals surface area contributed by atoms with Crippen LogP contribution in [0.25, 0.3) is 55.8 Å². The van der Waals surface area contributed by atoms with Gasteiger partial charge >= 0.3 is 0 Å². The van der Waals surface area contributed by atoms with Crippen molar-refractivity contribution >= 4 is 10.8 Å². The average molecular weight is 728 g/mol. The fraction of sp³-hybridized carbons (Fsp3) is 0.377. The first-order valence-electron chi connectivity index (χ1n) is 21.6. The maximum absolute atomic E-state index is 9.74. The van der Waals surface area contributed by atoms with Gasteiger partial charge in [0.2, 0.25) is 0 Å². The van der Waals surface area contributed by atoms with Gasteiger partial charge in [-0.1, -0.05) is 103 Å². The summed E-state index contributed by atoms with van der Waals surface area (Å²) in [6, 6.07) is 44.7. The molecule has 0 aliphatic heterocycles. The van der Waals surface area contributed by atoms with Gasteiger partial charge in [-0.3, -0.25) is 0 Å². The third-order valence-corrected chi connectivity index (χ3v) is 15.9. The Labute approximate surface area is 331 Å². The number of hydrogen-bond donors (Lipinski definition) is 0. The molecular weight excluding hydrogens is 679 g/mol. The Balaban J connectivity index is 0.914. The molecule has 0 spiro atoms. The van der Waals surface area contributed by atoms with Crippen LogP contribution in [0, 0.1) is 46.8 Å². The van der Waals surface area contributed by atoms with Gasteiger partial charge in [-0.2, -0.15) is 5.26 Å². The number of aromatic nitrogens is 2. The number of nitriles is 1. The first-order chi connectivity index (χ1) is 27.5. The van der Waals surface area contributed by atoms with Crippen LogP contribution in [-0.4, -0.2) is 9.97 Å². The summed E-state index contributed by atoms with van der Waals surface area (Å²) < 4.78 is 0. The molecule has 8 fully saturated rings. The molecule has 1 heterocycles. The lowest BCUT2D eigenvalue weighted by atomic mass is 9.48. The Bertz CT molecular complexity index is 2360. The first kappa shape index (κ1) is 33.1. The zero-order valence-corrected chi connectivity index (χ0v) is 32.3. The van der Waals surface area contributed by atoms with Crippen molar-refractivity contribution in [2.45, 2.75) is 87.9 Å². The van der Waals surface area contributed by atoms with Crippen LogP contribution in [0.5, 0.6) is 0 Å². The molecule has 5 aromatic carbocycles. The van der Waals surface area contributed by atoms with E-state index < -0.39 is 0 Å². The standard InChI is InChI=1S/C53H49N3/c54-32-43-13-18-47(48-4-2-1-3-46(43)48)39-5-7-40(8-6-39)49-25-50(41-9-14-44(15-10-41)52-26-33-19-34(27-52)21-35(20-33)28-52)56-51(55-49)42-11-16-45(17-12-42)53-29-36-22-37(30-53)24-38(23-36)31-53/h1-18,25,33-38H,19-24,26-31H2/t33-,34+,35-,36-,37+,38-,52?,53?. The van der Waals surface area contributed by atoms with Crippen LogP contribution in [0.3, 0.4) is 0 Å². The monoisotopic (exact) mass is 727 g/mol. The highest BCUT2D eigenvalue weighted by molar-refractivity contribution is 5.99. The van der Waals surface area contributed by atoms with Crippen LogP contribution in [-0.2, 0) is 10.8 Å². The fourth-order valence-electron chi connectivity index (χ4n) is 14.2. The number of nitrogens with zero attached hydrogens (tertiary/aromatic N) is 3. The summed E-state index contributed by atoms with van der Waals surface area (Å²) in [5.74, 6) is 6.39. The Hall–Kier alpha value is -5.07. The Morgan fingerprint density at radius 1 is 0.446 bits per heavy atom. The van der Waals surface area contributed by atoms with Crippen LogP contribution in [0.4, 0.5) is 0 Å². The minimum absolute atomic E-state index is 0.377. The van der Waals surface area contributed by atoms with Gasteiger partial charge in [-0.25, -0.2) is 9.97 Å². The van der Waals surface area contributed by atoms with Gasteiger partial charge in [0.05, 0.1) is 23.0 Å². The van der Waals surface area contributed by atoms with Crippen molar-refractivity contribution in [1.29, 1.82) is 5.26 Å². The van der Waals surface area contributed by atoms with Crippen LogP contribution in [0.15, 0.2) is 115 Å². The Morgan fingerprint density at radius 3 is 1.32 bits per heavy atom. The minimum Gasteiger partial charge on any atom is -0.228 e. The molecule has 0 amide bonds. The van der Waals surface area contributed by atoms with E-state index >= 15 is 0 Å². The second kappa shape index (κ2) is 12.5. The highest BCUT2D eigenvalue weighted by atomic mass is 14.9. The highest BCUT2D eigenvalue weighted by Gasteiger charge is 2.52. The van der Waals surface area contributed by atoms with Crippen molar-refractivity contribution in [2.75, 3.05) is 0 Å². The molecule has 276 valence electrons. The van der Waals surface area contributed by atoms with Gasteiger partial charge < -0.3 is 0 Å². The second-order valence-electron chi connectivity index (χ2n) is 19.4. The maximum atomic E-state index is 9.74. The molecule has 14 rings (SSSR count). The molecule has 8 saturated carbocycles. The molecule has 0 unspecified atom stereocenters. The topological polar surface area (TPSA) is 49.6 Å². The van der Waals surface area contributed by atoms with E-state index in [-0.39, 0.29) is 0 Å². The van der Waals surface area contributed by atoms with E-state index in [9.17, 15) is 5.26 Å². The summed E-state index contributed by atoms with van der Waals surface area (Å²) in [5, 5.41) is 11.8. The van der Waals surface area contributed by atoms with Crippen molar-refractivity contribution < 1.29 is 0 Å². The SMILES string of the molecule is N#Cc1ccc(-c2ccc(-c3cc(-c4ccc(C56C[C@H]7C[C@@H](C5)C[C@@H](C6)C7)cc4)nc(-c4ccc(C56C[C@H]7C[C@@H](C5)C[C@@H](C6)C7)cc4)n3)cc2)c2ccccc12. The lowest BCUT2D eigenvalue weighted by molar-refractivity contribution is -0.00530. The summed E-state index contributed by atoms with van der Waals surface area (Å²) in [7, 11) is 0. The maximum Gasteiger partial charge on any atom is 0.160 e. The van der Waals surface area contributed by atoms with Crippen molar-refractivity contribution in [3.63, 3.8) is 0 Å². The number of hydrogen-bond acceptors (Lipinski definition) is 3. The summed E-state index contributed by atoms with van der Waals surface area (Å²) in [6.07, 6.45) is 17.1. The fourth-order valence-corrected chi connectivity index (χ4v) is 14.2. The van der Waals surface area contributed by atoms with Gasteiger partial charge in [0, 0.05) is 22.1 Å². The van der Waals surface area contributed by atoms with E-state index in [1.807, 2.05) is 18.2 Å². The molecule has 8 aliphatic carbocycles. The van der Waals surface area contributed by atoms with Crippen LogP contribution in [0.2, 0.25) is 0 Å². The highest BCUT2D eigenvalue weighted by Crippen LogP contribution is 2.62. The van der Waals surface area contributed by atoms with Gasteiger partial charge in [0.25, 0.3) is 0 Å². The van der Waals surface area contributed by atoms with Crippen molar-refractivity contribution in [2.24, 2.45) is 35.5 Å². The van der Waals surface area contributed by atoms with E-state index in [0.29, 0.717) is 16.4 Å². The van der Waals surface area contributed by atoms with Crippen molar-refractivity contribution in [3.05, 3.63) is 132 Å². The predicted octanol–water partition coefficient (Wildman–Crippen LogP) is 13.1. The number of benzene rings is 5. The van der Waals surface area contributed by atoms with Crippen molar-refractivity contribution in [1.82, 2.24) is 9.97 Å². The van der Waals surface area contributed by atoms with Crippen LogP contribution in [0.1, 0.15) is 93.7 Å². The molecule has 3 heteroatoms. The summed E-state index contributed by atoms with van der Waals surface area (Å²) in [6.45, 7) is 0. The second-order valence-corrected chi connectivity index (χ2v) is 19.4. The molecule has 56 heavy (non-hydrogen) atoms. The summed E-state index contributed by atoms with van der Waals surface area (Å²) >= 11 is 0. The Morgan fingerprint density at radius 2 is 0.857 bits per heavy atom. The van der Waals surface area contributed by atoms with Gasteiger partial charge in [-0.05, 0) is 163 Å². The lowest BCUT2D eigenvalue weighted by Crippen LogP contribution is -2.48. The van der Waals surface area contributed by atoms with E-state index in [2.05, 4.69) is 103 Å². The molecule has 0 radical (unpaired) electrons. The van der Waals surface area contributed by atoms with E-state index in [4.69, 9.17) is 9.97 Å². The molecule has 8 bridgehead atoms. The van der Waals surface area contributed by atoms with E-state index in [1.165, 1.54) is 77.0 Å². The molecule has 1 aromatic heterocycles. The van der Waals surface area contributed by atoms with Crippen molar-refractivity contribution in [3.8, 4) is 51.1 Å².